The minimum atomic E-state index is -0.257. The highest BCUT2D eigenvalue weighted by atomic mass is 16.2. The molecule has 0 aromatic carbocycles. The van der Waals surface area contributed by atoms with Crippen LogP contribution in [0.3, 0.4) is 0 Å². The first-order valence-electron chi connectivity index (χ1n) is 6.00. The molecule has 2 amide bonds. The second-order valence-electron chi connectivity index (χ2n) is 4.81. The molecule has 0 aliphatic rings. The number of carbonyl (C=O) groups is 2. The van der Waals surface area contributed by atoms with Crippen LogP contribution in [-0.2, 0) is 9.59 Å². The van der Waals surface area contributed by atoms with Gasteiger partial charge in [-0.1, -0.05) is 27.7 Å². The maximum absolute atomic E-state index is 12.2. The Labute approximate surface area is 107 Å². The summed E-state index contributed by atoms with van der Waals surface area (Å²) in [6.07, 6.45) is 2.90. The molecule has 0 bridgehead atoms. The summed E-state index contributed by atoms with van der Waals surface area (Å²) in [5.41, 5.74) is 1.09. The number of carbonyl (C=O) groups excluding carboxylic acids is 2. The van der Waals surface area contributed by atoms with Gasteiger partial charge in [0.05, 0.1) is 17.6 Å². The van der Waals surface area contributed by atoms with Crippen LogP contribution >= 0.6 is 0 Å². The number of nitrogens with zero attached hydrogens (tertiary/aromatic N) is 3. The van der Waals surface area contributed by atoms with Crippen molar-refractivity contribution < 1.29 is 9.59 Å². The van der Waals surface area contributed by atoms with Gasteiger partial charge < -0.3 is 0 Å². The summed E-state index contributed by atoms with van der Waals surface area (Å²) in [6.45, 7) is 8.82. The molecule has 0 spiro atoms. The van der Waals surface area contributed by atoms with Crippen molar-refractivity contribution in [2.75, 3.05) is 4.90 Å². The zero-order valence-corrected chi connectivity index (χ0v) is 11.5. The number of aromatic nitrogens is 2. The fourth-order valence-electron chi connectivity index (χ4n) is 1.47. The Balaban J connectivity index is 3.26. The van der Waals surface area contributed by atoms with Crippen LogP contribution in [0.15, 0.2) is 12.5 Å². The number of rotatable bonds is 3. The van der Waals surface area contributed by atoms with E-state index in [0.717, 1.165) is 0 Å². The van der Waals surface area contributed by atoms with Gasteiger partial charge in [-0.3, -0.25) is 9.59 Å². The van der Waals surface area contributed by atoms with Crippen molar-refractivity contribution in [3.63, 3.8) is 0 Å². The average molecular weight is 249 g/mol. The second-order valence-corrected chi connectivity index (χ2v) is 4.81. The van der Waals surface area contributed by atoms with E-state index in [1.165, 1.54) is 17.4 Å². The quantitative estimate of drug-likeness (QED) is 0.821. The van der Waals surface area contributed by atoms with Gasteiger partial charge in [0.2, 0.25) is 11.8 Å². The van der Waals surface area contributed by atoms with Gasteiger partial charge in [-0.2, -0.15) is 0 Å². The fraction of sp³-hybridized carbons (Fsp3) is 0.538. The molecule has 1 aromatic heterocycles. The molecular weight excluding hydrogens is 230 g/mol. The van der Waals surface area contributed by atoms with Crippen molar-refractivity contribution in [1.82, 2.24) is 9.97 Å². The standard InChI is InChI=1S/C13H19N3O2/c1-8(2)12(17)16(13(18)9(3)4)11-6-14-7-15-10(11)5/h6-9H,1-5H3. The lowest BCUT2D eigenvalue weighted by molar-refractivity contribution is -0.129. The molecule has 1 aromatic rings. The third-order valence-corrected chi connectivity index (χ3v) is 2.56. The largest absolute Gasteiger partial charge is 0.274 e. The lowest BCUT2D eigenvalue weighted by Gasteiger charge is -2.25. The molecule has 0 N–H and O–H groups in total. The van der Waals surface area contributed by atoms with E-state index in [2.05, 4.69) is 9.97 Å². The molecule has 1 heterocycles. The maximum atomic E-state index is 12.2. The van der Waals surface area contributed by atoms with Gasteiger partial charge >= 0.3 is 0 Å². The summed E-state index contributed by atoms with van der Waals surface area (Å²) in [4.78, 5) is 33.5. The van der Waals surface area contributed by atoms with Gasteiger partial charge in [0.1, 0.15) is 6.33 Å². The molecule has 98 valence electrons. The second kappa shape index (κ2) is 5.71. The highest BCUT2D eigenvalue weighted by Gasteiger charge is 2.28. The Kier molecular flexibility index (Phi) is 4.53. The molecule has 0 unspecified atom stereocenters. The molecule has 0 radical (unpaired) electrons. The van der Waals surface area contributed by atoms with Crippen LogP contribution in [0.25, 0.3) is 0 Å². The van der Waals surface area contributed by atoms with Crippen LogP contribution in [-0.4, -0.2) is 21.8 Å². The number of amides is 2. The smallest absolute Gasteiger partial charge is 0.236 e. The molecule has 0 atom stereocenters. The molecular formula is C13H19N3O2. The van der Waals surface area contributed by atoms with Crippen LogP contribution in [0.1, 0.15) is 33.4 Å². The van der Waals surface area contributed by atoms with E-state index in [1.54, 1.807) is 34.6 Å². The van der Waals surface area contributed by atoms with Crippen molar-refractivity contribution in [1.29, 1.82) is 0 Å². The number of hydrogen-bond acceptors (Lipinski definition) is 4. The summed E-state index contributed by atoms with van der Waals surface area (Å²) in [5, 5.41) is 0. The first-order chi connectivity index (χ1) is 8.36. The fourth-order valence-corrected chi connectivity index (χ4v) is 1.47. The van der Waals surface area contributed by atoms with E-state index < -0.39 is 0 Å². The van der Waals surface area contributed by atoms with Crippen molar-refractivity contribution >= 4 is 17.5 Å². The van der Waals surface area contributed by atoms with E-state index >= 15 is 0 Å². The Morgan fingerprint density at radius 3 is 2.00 bits per heavy atom. The Bertz CT molecular complexity index is 435. The molecule has 0 aliphatic carbocycles. The molecule has 0 fully saturated rings. The van der Waals surface area contributed by atoms with E-state index in [1.807, 2.05) is 0 Å². The first kappa shape index (κ1) is 14.3. The summed E-state index contributed by atoms with van der Waals surface area (Å²) >= 11 is 0. The molecule has 5 heteroatoms. The van der Waals surface area contributed by atoms with E-state index in [9.17, 15) is 9.59 Å². The van der Waals surface area contributed by atoms with Crippen LogP contribution in [0.4, 0.5) is 5.69 Å². The topological polar surface area (TPSA) is 63.2 Å². The number of aryl methyl sites for hydroxylation is 1. The Morgan fingerprint density at radius 2 is 1.61 bits per heavy atom. The van der Waals surface area contributed by atoms with Crippen molar-refractivity contribution in [2.45, 2.75) is 34.6 Å². The van der Waals surface area contributed by atoms with Gasteiger partial charge in [-0.15, -0.1) is 0 Å². The maximum Gasteiger partial charge on any atom is 0.236 e. The first-order valence-corrected chi connectivity index (χ1v) is 6.00. The highest BCUT2D eigenvalue weighted by Crippen LogP contribution is 2.21. The van der Waals surface area contributed by atoms with E-state index in [-0.39, 0.29) is 23.7 Å². The van der Waals surface area contributed by atoms with Gasteiger partial charge in [0.15, 0.2) is 0 Å². The van der Waals surface area contributed by atoms with Crippen LogP contribution in [0.2, 0.25) is 0 Å². The predicted octanol–water partition coefficient (Wildman–Crippen LogP) is 1.96. The van der Waals surface area contributed by atoms with Crippen LogP contribution in [0, 0.1) is 18.8 Å². The normalized spacial score (nSPS) is 10.8. The van der Waals surface area contributed by atoms with Crippen molar-refractivity contribution in [3.8, 4) is 0 Å². The van der Waals surface area contributed by atoms with Crippen molar-refractivity contribution in [3.05, 3.63) is 18.2 Å². The van der Waals surface area contributed by atoms with Gasteiger partial charge in [0, 0.05) is 11.8 Å². The summed E-state index contributed by atoms with van der Waals surface area (Å²) in [7, 11) is 0. The lowest BCUT2D eigenvalue weighted by Crippen LogP contribution is -2.42. The average Bonchev–Trinajstić information content (AvgIpc) is 2.31. The number of imide groups is 1. The predicted molar refractivity (Wildman–Crippen MR) is 68.9 cm³/mol. The molecule has 1 rings (SSSR count). The minimum Gasteiger partial charge on any atom is -0.274 e. The highest BCUT2D eigenvalue weighted by molar-refractivity contribution is 6.16. The number of hydrogen-bond donors (Lipinski definition) is 0. The molecule has 0 saturated heterocycles. The van der Waals surface area contributed by atoms with Crippen molar-refractivity contribution in [2.24, 2.45) is 11.8 Å². The monoisotopic (exact) mass is 249 g/mol. The molecule has 0 aliphatic heterocycles. The van der Waals surface area contributed by atoms with E-state index in [0.29, 0.717) is 11.4 Å². The van der Waals surface area contributed by atoms with Crippen LogP contribution in [0.5, 0.6) is 0 Å². The SMILES string of the molecule is Cc1ncncc1N(C(=O)C(C)C)C(=O)C(C)C. The molecule has 18 heavy (non-hydrogen) atoms. The summed E-state index contributed by atoms with van der Waals surface area (Å²) in [5.74, 6) is -0.974. The summed E-state index contributed by atoms with van der Waals surface area (Å²) in [6, 6.07) is 0. The lowest BCUT2D eigenvalue weighted by atomic mass is 10.1. The van der Waals surface area contributed by atoms with Gasteiger partial charge in [-0.05, 0) is 6.92 Å². The third-order valence-electron chi connectivity index (χ3n) is 2.56. The number of anilines is 1. The molecule has 0 saturated carbocycles. The third kappa shape index (κ3) is 2.91. The Hall–Kier alpha value is -1.78. The Morgan fingerprint density at radius 1 is 1.11 bits per heavy atom. The zero-order chi connectivity index (χ0) is 13.9. The van der Waals surface area contributed by atoms with Crippen LogP contribution < -0.4 is 4.90 Å². The van der Waals surface area contributed by atoms with Gasteiger partial charge in [0.25, 0.3) is 0 Å². The molecule has 5 nitrogen and oxygen atoms in total. The van der Waals surface area contributed by atoms with Gasteiger partial charge in [-0.25, -0.2) is 14.9 Å². The van der Waals surface area contributed by atoms with E-state index in [4.69, 9.17) is 0 Å². The minimum absolute atomic E-state index is 0.230. The zero-order valence-electron chi connectivity index (χ0n) is 11.5. The summed E-state index contributed by atoms with van der Waals surface area (Å²) < 4.78 is 0.